The molecule has 0 aliphatic rings. The second-order valence-electron chi connectivity index (χ2n) is 4.66. The minimum absolute atomic E-state index is 0.263. The van der Waals surface area contributed by atoms with Gasteiger partial charge in [0.15, 0.2) is 0 Å². The highest BCUT2D eigenvalue weighted by Gasteiger charge is 2.26. The van der Waals surface area contributed by atoms with Crippen LogP contribution >= 0.6 is 0 Å². The highest BCUT2D eigenvalue weighted by Crippen LogP contribution is 2.24. The quantitative estimate of drug-likeness (QED) is 0.829. The standard InChI is InChI=1S/C11H15FO3S/c1-11(2,8-16(13,14)15)7-9-5-3-4-6-10(9)12/h3-6H,7-8H2,1-2H3,(H,13,14,15). The first-order chi connectivity index (χ1) is 7.20. The second-order valence-corrected chi connectivity index (χ2v) is 6.11. The molecule has 0 atom stereocenters. The van der Waals surface area contributed by atoms with Gasteiger partial charge in [-0.15, -0.1) is 0 Å². The maximum absolute atomic E-state index is 13.3. The Morgan fingerprint density at radius 3 is 2.38 bits per heavy atom. The van der Waals surface area contributed by atoms with Crippen LogP contribution in [-0.2, 0) is 16.5 Å². The molecule has 0 fully saturated rings. The SMILES string of the molecule is CC(C)(Cc1ccccc1F)CS(=O)(=O)O. The average molecular weight is 246 g/mol. The number of hydrogen-bond acceptors (Lipinski definition) is 2. The zero-order valence-corrected chi connectivity index (χ0v) is 10.1. The Morgan fingerprint density at radius 1 is 1.31 bits per heavy atom. The Kier molecular flexibility index (Phi) is 3.70. The van der Waals surface area contributed by atoms with Crippen molar-refractivity contribution >= 4 is 10.1 Å². The van der Waals surface area contributed by atoms with Crippen LogP contribution < -0.4 is 0 Å². The summed E-state index contributed by atoms with van der Waals surface area (Å²) in [6, 6.07) is 6.22. The molecule has 0 radical (unpaired) electrons. The lowest BCUT2D eigenvalue weighted by Gasteiger charge is -2.23. The van der Waals surface area contributed by atoms with Gasteiger partial charge in [0.2, 0.25) is 0 Å². The molecule has 0 aliphatic carbocycles. The Labute approximate surface area is 95.1 Å². The average Bonchev–Trinajstić information content (AvgIpc) is 2.04. The topological polar surface area (TPSA) is 54.4 Å². The summed E-state index contributed by atoms with van der Waals surface area (Å²) in [5.41, 5.74) is -0.244. The van der Waals surface area contributed by atoms with Crippen molar-refractivity contribution < 1.29 is 17.4 Å². The van der Waals surface area contributed by atoms with Crippen molar-refractivity contribution in [2.75, 3.05) is 5.75 Å². The molecule has 0 saturated carbocycles. The molecule has 16 heavy (non-hydrogen) atoms. The number of benzene rings is 1. The summed E-state index contributed by atoms with van der Waals surface area (Å²) < 4.78 is 43.7. The van der Waals surface area contributed by atoms with E-state index in [0.29, 0.717) is 5.56 Å². The number of rotatable bonds is 4. The summed E-state index contributed by atoms with van der Waals surface area (Å²) in [6.45, 7) is 3.35. The molecule has 1 aromatic rings. The van der Waals surface area contributed by atoms with Crippen molar-refractivity contribution in [1.82, 2.24) is 0 Å². The maximum atomic E-state index is 13.3. The van der Waals surface area contributed by atoms with E-state index >= 15 is 0 Å². The highest BCUT2D eigenvalue weighted by molar-refractivity contribution is 7.85. The van der Waals surface area contributed by atoms with E-state index in [1.807, 2.05) is 0 Å². The van der Waals surface area contributed by atoms with Crippen molar-refractivity contribution in [1.29, 1.82) is 0 Å². The second kappa shape index (κ2) is 4.51. The van der Waals surface area contributed by atoms with Gasteiger partial charge in [0.05, 0.1) is 5.75 Å². The van der Waals surface area contributed by atoms with Crippen molar-refractivity contribution in [2.24, 2.45) is 5.41 Å². The predicted octanol–water partition coefficient (Wildman–Crippen LogP) is 2.28. The molecule has 90 valence electrons. The summed E-state index contributed by atoms with van der Waals surface area (Å²) in [7, 11) is -4.04. The maximum Gasteiger partial charge on any atom is 0.265 e. The van der Waals surface area contributed by atoms with E-state index < -0.39 is 15.5 Å². The van der Waals surface area contributed by atoms with Gasteiger partial charge in [0, 0.05) is 0 Å². The Hall–Kier alpha value is -0.940. The third-order valence-electron chi connectivity index (χ3n) is 2.20. The fourth-order valence-corrected chi connectivity index (χ4v) is 2.79. The molecule has 1 N–H and O–H groups in total. The molecular weight excluding hydrogens is 231 g/mol. The molecule has 0 unspecified atom stereocenters. The first-order valence-electron chi connectivity index (χ1n) is 4.88. The van der Waals surface area contributed by atoms with E-state index in [0.717, 1.165) is 0 Å². The zero-order chi connectivity index (χ0) is 12.4. The van der Waals surface area contributed by atoms with E-state index in [1.165, 1.54) is 6.07 Å². The molecule has 0 heterocycles. The fourth-order valence-electron chi connectivity index (χ4n) is 1.70. The van der Waals surface area contributed by atoms with Gasteiger partial charge in [0.1, 0.15) is 5.82 Å². The van der Waals surface area contributed by atoms with Gasteiger partial charge in [-0.1, -0.05) is 32.0 Å². The third-order valence-corrected chi connectivity index (χ3v) is 3.35. The normalized spacial score (nSPS) is 12.8. The van der Waals surface area contributed by atoms with Gasteiger partial charge in [-0.25, -0.2) is 4.39 Å². The van der Waals surface area contributed by atoms with Gasteiger partial charge in [-0.05, 0) is 23.5 Å². The monoisotopic (exact) mass is 246 g/mol. The van der Waals surface area contributed by atoms with Crippen molar-refractivity contribution in [2.45, 2.75) is 20.3 Å². The van der Waals surface area contributed by atoms with E-state index in [-0.39, 0.29) is 18.0 Å². The fraction of sp³-hybridized carbons (Fsp3) is 0.455. The largest absolute Gasteiger partial charge is 0.286 e. The highest BCUT2D eigenvalue weighted by atomic mass is 32.2. The van der Waals surface area contributed by atoms with Crippen LogP contribution in [0.25, 0.3) is 0 Å². The van der Waals surface area contributed by atoms with Crippen LogP contribution in [0.2, 0.25) is 0 Å². The van der Waals surface area contributed by atoms with E-state index in [9.17, 15) is 12.8 Å². The molecule has 0 aromatic heterocycles. The van der Waals surface area contributed by atoms with E-state index in [1.54, 1.807) is 32.0 Å². The molecule has 1 aromatic carbocycles. The van der Waals surface area contributed by atoms with Crippen LogP contribution in [0.15, 0.2) is 24.3 Å². The summed E-state index contributed by atoms with van der Waals surface area (Å²) >= 11 is 0. The minimum Gasteiger partial charge on any atom is -0.286 e. The lowest BCUT2D eigenvalue weighted by Crippen LogP contribution is -2.26. The van der Waals surface area contributed by atoms with Crippen LogP contribution in [0.4, 0.5) is 4.39 Å². The van der Waals surface area contributed by atoms with Gasteiger partial charge >= 0.3 is 0 Å². The molecule has 0 spiro atoms. The first kappa shape index (κ1) is 13.1. The van der Waals surface area contributed by atoms with Crippen molar-refractivity contribution in [3.8, 4) is 0 Å². The molecule has 0 bridgehead atoms. The van der Waals surface area contributed by atoms with Crippen LogP contribution in [0.5, 0.6) is 0 Å². The molecule has 1 rings (SSSR count). The van der Waals surface area contributed by atoms with Gasteiger partial charge in [0.25, 0.3) is 10.1 Å². The molecule has 0 saturated heterocycles. The van der Waals surface area contributed by atoms with E-state index in [4.69, 9.17) is 4.55 Å². The number of halogens is 1. The summed E-state index contributed by atoms with van der Waals surface area (Å²) in [6.07, 6.45) is 0.263. The molecule has 0 aliphatic heterocycles. The van der Waals surface area contributed by atoms with Crippen molar-refractivity contribution in [3.63, 3.8) is 0 Å². The lowest BCUT2D eigenvalue weighted by molar-refractivity contribution is 0.381. The van der Waals surface area contributed by atoms with Gasteiger partial charge in [-0.3, -0.25) is 4.55 Å². The van der Waals surface area contributed by atoms with Gasteiger partial charge in [-0.2, -0.15) is 8.42 Å². The molecular formula is C11H15FO3S. The molecule has 3 nitrogen and oxygen atoms in total. The Balaban J connectivity index is 2.85. The minimum atomic E-state index is -4.04. The summed E-state index contributed by atoms with van der Waals surface area (Å²) in [5.74, 6) is -0.736. The first-order valence-corrected chi connectivity index (χ1v) is 6.49. The Morgan fingerprint density at radius 2 is 1.88 bits per heavy atom. The predicted molar refractivity (Wildman–Crippen MR) is 60.3 cm³/mol. The lowest BCUT2D eigenvalue weighted by atomic mass is 9.88. The summed E-state index contributed by atoms with van der Waals surface area (Å²) in [5, 5.41) is 0. The van der Waals surface area contributed by atoms with Crippen LogP contribution in [0, 0.1) is 11.2 Å². The summed E-state index contributed by atoms with van der Waals surface area (Å²) in [4.78, 5) is 0. The van der Waals surface area contributed by atoms with E-state index in [2.05, 4.69) is 0 Å². The smallest absolute Gasteiger partial charge is 0.265 e. The Bertz CT molecular complexity index is 466. The molecule has 5 heteroatoms. The van der Waals surface area contributed by atoms with Crippen LogP contribution in [-0.4, -0.2) is 18.7 Å². The van der Waals surface area contributed by atoms with Crippen molar-refractivity contribution in [3.05, 3.63) is 35.6 Å². The number of hydrogen-bond donors (Lipinski definition) is 1. The zero-order valence-electron chi connectivity index (χ0n) is 9.27. The van der Waals surface area contributed by atoms with Crippen LogP contribution in [0.3, 0.4) is 0 Å². The van der Waals surface area contributed by atoms with Gasteiger partial charge < -0.3 is 0 Å². The molecule has 0 amide bonds. The van der Waals surface area contributed by atoms with Crippen LogP contribution in [0.1, 0.15) is 19.4 Å². The third kappa shape index (κ3) is 4.28.